The average molecular weight is 325 g/mol. The van der Waals surface area contributed by atoms with E-state index >= 15 is 0 Å². The maximum absolute atomic E-state index is 11.8. The van der Waals surface area contributed by atoms with Gasteiger partial charge in [-0.15, -0.1) is 0 Å². The second-order valence-corrected chi connectivity index (χ2v) is 4.28. The Bertz CT molecular complexity index is 628. The molecular formula is C12H9BrN2O4. The Kier molecular flexibility index (Phi) is 3.86. The van der Waals surface area contributed by atoms with Gasteiger partial charge in [-0.2, -0.15) is 0 Å². The van der Waals surface area contributed by atoms with Crippen molar-refractivity contribution in [1.82, 2.24) is 5.32 Å². The van der Waals surface area contributed by atoms with Crippen molar-refractivity contribution in [3.05, 3.63) is 52.4 Å². The third-order valence-electron chi connectivity index (χ3n) is 2.14. The Morgan fingerprint density at radius 2 is 2.11 bits per heavy atom. The lowest BCUT2D eigenvalue weighted by Crippen LogP contribution is -2.30. The summed E-state index contributed by atoms with van der Waals surface area (Å²) in [6, 6.07) is 6.30. The fourth-order valence-electron chi connectivity index (χ4n) is 1.30. The first-order chi connectivity index (χ1) is 9.06. The zero-order chi connectivity index (χ0) is 13.8. The van der Waals surface area contributed by atoms with Gasteiger partial charge in [0.2, 0.25) is 0 Å². The van der Waals surface area contributed by atoms with Crippen molar-refractivity contribution >= 4 is 33.8 Å². The van der Waals surface area contributed by atoms with E-state index < -0.39 is 11.8 Å². The van der Waals surface area contributed by atoms with E-state index in [1.54, 1.807) is 18.2 Å². The lowest BCUT2D eigenvalue weighted by molar-refractivity contribution is -0.114. The summed E-state index contributed by atoms with van der Waals surface area (Å²) in [5.41, 5.74) is 5.09. The Morgan fingerprint density at radius 3 is 2.63 bits per heavy atom. The fraction of sp³-hybridized carbons (Fsp3) is 0. The van der Waals surface area contributed by atoms with Crippen LogP contribution in [-0.4, -0.2) is 11.8 Å². The molecule has 19 heavy (non-hydrogen) atoms. The summed E-state index contributed by atoms with van der Waals surface area (Å²) >= 11 is 3.08. The Hall–Kier alpha value is -2.28. The molecule has 0 unspecified atom stereocenters. The molecule has 0 atom stereocenters. The molecule has 7 heteroatoms. The van der Waals surface area contributed by atoms with Crippen LogP contribution in [0.15, 0.2) is 49.7 Å². The highest BCUT2D eigenvalue weighted by Crippen LogP contribution is 2.14. The zero-order valence-electron chi connectivity index (χ0n) is 9.55. The van der Waals surface area contributed by atoms with Crippen LogP contribution in [0.2, 0.25) is 0 Å². The molecule has 2 aromatic heterocycles. The molecule has 0 radical (unpaired) electrons. The topological polar surface area (TPSA) is 98.5 Å². The highest BCUT2D eigenvalue weighted by molar-refractivity contribution is 9.10. The molecule has 0 bridgehead atoms. The third kappa shape index (κ3) is 3.35. The summed E-state index contributed by atoms with van der Waals surface area (Å²) in [4.78, 5) is 23.1. The molecule has 0 saturated carbocycles. The molecule has 0 fully saturated rings. The van der Waals surface area contributed by atoms with E-state index in [-0.39, 0.29) is 11.5 Å². The summed E-state index contributed by atoms with van der Waals surface area (Å²) in [6.45, 7) is 0. The molecule has 0 aromatic carbocycles. The summed E-state index contributed by atoms with van der Waals surface area (Å²) in [6.07, 6.45) is 2.77. The number of amides is 2. The van der Waals surface area contributed by atoms with Gasteiger partial charge in [0.25, 0.3) is 11.8 Å². The predicted octanol–water partition coefficient (Wildman–Crippen LogP) is 1.89. The van der Waals surface area contributed by atoms with Crippen LogP contribution in [-0.2, 0) is 4.79 Å². The largest absolute Gasteiger partial charge is 0.465 e. The number of primary amides is 1. The SMILES string of the molecule is NC(=O)/C(=C/c1ccco1)NC(=O)c1ccc(Br)o1. The standard InChI is InChI=1S/C12H9BrN2O4/c13-10-4-3-9(19-10)12(17)15-8(11(14)16)6-7-2-1-5-18-7/h1-6H,(H2,14,16)(H,15,17)/b8-6-. The number of carbonyl (C=O) groups excluding carboxylic acids is 2. The Labute approximate surface area is 116 Å². The minimum absolute atomic E-state index is 0.0541. The van der Waals surface area contributed by atoms with E-state index in [1.165, 1.54) is 18.4 Å². The van der Waals surface area contributed by atoms with Crippen LogP contribution in [0.4, 0.5) is 0 Å². The van der Waals surface area contributed by atoms with Crippen molar-refractivity contribution < 1.29 is 18.4 Å². The van der Waals surface area contributed by atoms with Gasteiger partial charge in [0.15, 0.2) is 10.4 Å². The number of hydrogen-bond donors (Lipinski definition) is 2. The van der Waals surface area contributed by atoms with Crippen molar-refractivity contribution in [2.24, 2.45) is 5.73 Å². The first-order valence-corrected chi connectivity index (χ1v) is 5.97. The highest BCUT2D eigenvalue weighted by atomic mass is 79.9. The first-order valence-electron chi connectivity index (χ1n) is 5.18. The molecule has 98 valence electrons. The quantitative estimate of drug-likeness (QED) is 0.839. The number of nitrogens with one attached hydrogen (secondary N) is 1. The second kappa shape index (κ2) is 5.57. The van der Waals surface area contributed by atoms with Gasteiger partial charge in [0.05, 0.1) is 6.26 Å². The van der Waals surface area contributed by atoms with Crippen molar-refractivity contribution in [2.45, 2.75) is 0 Å². The molecule has 2 heterocycles. The van der Waals surface area contributed by atoms with Crippen LogP contribution >= 0.6 is 15.9 Å². The van der Waals surface area contributed by atoms with Crippen LogP contribution in [0.5, 0.6) is 0 Å². The van der Waals surface area contributed by atoms with E-state index in [4.69, 9.17) is 14.6 Å². The van der Waals surface area contributed by atoms with Crippen LogP contribution in [0.25, 0.3) is 6.08 Å². The molecule has 0 aliphatic heterocycles. The molecule has 0 aliphatic rings. The van der Waals surface area contributed by atoms with E-state index in [2.05, 4.69) is 21.2 Å². The Balaban J connectivity index is 2.18. The molecule has 6 nitrogen and oxygen atoms in total. The molecule has 3 N–H and O–H groups in total. The number of halogens is 1. The summed E-state index contributed by atoms with van der Waals surface area (Å²) in [5.74, 6) is -0.911. The van der Waals surface area contributed by atoms with Crippen LogP contribution in [0.1, 0.15) is 16.3 Å². The summed E-state index contributed by atoms with van der Waals surface area (Å²) in [5, 5.41) is 2.36. The van der Waals surface area contributed by atoms with Gasteiger partial charge in [-0.25, -0.2) is 0 Å². The predicted molar refractivity (Wildman–Crippen MR) is 69.8 cm³/mol. The van der Waals surface area contributed by atoms with Crippen molar-refractivity contribution in [2.75, 3.05) is 0 Å². The monoisotopic (exact) mass is 324 g/mol. The lowest BCUT2D eigenvalue weighted by atomic mass is 10.3. The maximum Gasteiger partial charge on any atom is 0.291 e. The lowest BCUT2D eigenvalue weighted by Gasteiger charge is -2.04. The van der Waals surface area contributed by atoms with Crippen molar-refractivity contribution in [3.63, 3.8) is 0 Å². The van der Waals surface area contributed by atoms with E-state index in [9.17, 15) is 9.59 Å². The number of hydrogen-bond acceptors (Lipinski definition) is 4. The van der Waals surface area contributed by atoms with Gasteiger partial charge >= 0.3 is 0 Å². The number of rotatable bonds is 4. The minimum Gasteiger partial charge on any atom is -0.465 e. The molecule has 0 spiro atoms. The second-order valence-electron chi connectivity index (χ2n) is 3.50. The van der Waals surface area contributed by atoms with Crippen molar-refractivity contribution in [3.8, 4) is 0 Å². The van der Waals surface area contributed by atoms with Gasteiger partial charge in [-0.1, -0.05) is 0 Å². The van der Waals surface area contributed by atoms with Gasteiger partial charge in [0.1, 0.15) is 11.5 Å². The van der Waals surface area contributed by atoms with Gasteiger partial charge in [-0.05, 0) is 40.2 Å². The van der Waals surface area contributed by atoms with E-state index in [0.717, 1.165) is 0 Å². The molecule has 2 rings (SSSR count). The first kappa shape index (κ1) is 13.2. The number of carbonyl (C=O) groups is 2. The van der Waals surface area contributed by atoms with Gasteiger partial charge in [0, 0.05) is 6.08 Å². The van der Waals surface area contributed by atoms with Crippen LogP contribution in [0, 0.1) is 0 Å². The summed E-state index contributed by atoms with van der Waals surface area (Å²) in [7, 11) is 0. The molecule has 2 amide bonds. The number of nitrogens with two attached hydrogens (primary N) is 1. The van der Waals surface area contributed by atoms with Gasteiger partial charge < -0.3 is 19.9 Å². The molecule has 2 aromatic rings. The molecule has 0 saturated heterocycles. The van der Waals surface area contributed by atoms with E-state index in [0.29, 0.717) is 10.4 Å². The third-order valence-corrected chi connectivity index (χ3v) is 2.57. The minimum atomic E-state index is -0.782. The normalized spacial score (nSPS) is 11.3. The summed E-state index contributed by atoms with van der Waals surface area (Å²) < 4.78 is 10.5. The van der Waals surface area contributed by atoms with Crippen molar-refractivity contribution in [1.29, 1.82) is 0 Å². The van der Waals surface area contributed by atoms with Crippen LogP contribution < -0.4 is 11.1 Å². The van der Waals surface area contributed by atoms with E-state index in [1.807, 2.05) is 0 Å². The zero-order valence-corrected chi connectivity index (χ0v) is 11.1. The maximum atomic E-state index is 11.8. The molecule has 0 aliphatic carbocycles. The fourth-order valence-corrected chi connectivity index (χ4v) is 1.61. The van der Waals surface area contributed by atoms with Crippen LogP contribution in [0.3, 0.4) is 0 Å². The average Bonchev–Trinajstić information content (AvgIpc) is 2.99. The number of furan rings is 2. The highest BCUT2D eigenvalue weighted by Gasteiger charge is 2.15. The Morgan fingerprint density at radius 1 is 1.32 bits per heavy atom. The van der Waals surface area contributed by atoms with Gasteiger partial charge in [-0.3, -0.25) is 9.59 Å². The smallest absolute Gasteiger partial charge is 0.291 e. The molecular weight excluding hydrogens is 316 g/mol.